The second-order valence-electron chi connectivity index (χ2n) is 8.32. The molecular formula is C24H30N4O. The first-order valence-corrected chi connectivity index (χ1v) is 10.4. The van der Waals surface area contributed by atoms with Crippen molar-refractivity contribution in [2.24, 2.45) is 0 Å². The lowest BCUT2D eigenvalue weighted by Gasteiger charge is -2.34. The number of hydrogen-bond donors (Lipinski definition) is 2. The SMILES string of the molecule is CC(C)c1ccc2[nH]c(=O)c(CNc3ccc(N4CCN(C)CC4)cc3)cc2c1. The highest BCUT2D eigenvalue weighted by molar-refractivity contribution is 5.80. The minimum atomic E-state index is -0.0312. The average Bonchev–Trinajstić information content (AvgIpc) is 2.73. The number of fused-ring (bicyclic) bond motifs is 1. The van der Waals surface area contributed by atoms with Crippen molar-refractivity contribution in [1.82, 2.24) is 9.88 Å². The standard InChI is InChI=1S/C24H30N4O/c1-17(2)18-4-9-23-19(14-18)15-20(24(29)26-23)16-25-21-5-7-22(8-6-21)28-12-10-27(3)11-13-28/h4-9,14-15,17,25H,10-13,16H2,1-3H3,(H,26,29). The van der Waals surface area contributed by atoms with E-state index in [0.29, 0.717) is 12.5 Å². The molecule has 29 heavy (non-hydrogen) atoms. The zero-order chi connectivity index (χ0) is 20.4. The summed E-state index contributed by atoms with van der Waals surface area (Å²) < 4.78 is 0. The number of anilines is 2. The van der Waals surface area contributed by atoms with Crippen LogP contribution >= 0.6 is 0 Å². The third-order valence-corrected chi connectivity index (χ3v) is 5.83. The van der Waals surface area contributed by atoms with Gasteiger partial charge in [0.1, 0.15) is 0 Å². The summed E-state index contributed by atoms with van der Waals surface area (Å²) >= 11 is 0. The van der Waals surface area contributed by atoms with Gasteiger partial charge in [-0.1, -0.05) is 19.9 Å². The number of benzene rings is 2. The van der Waals surface area contributed by atoms with E-state index in [-0.39, 0.29) is 5.56 Å². The summed E-state index contributed by atoms with van der Waals surface area (Å²) in [4.78, 5) is 20.2. The van der Waals surface area contributed by atoms with Crippen molar-refractivity contribution in [2.75, 3.05) is 43.4 Å². The molecule has 0 spiro atoms. The molecular weight excluding hydrogens is 360 g/mol. The number of nitrogens with one attached hydrogen (secondary N) is 2. The van der Waals surface area contributed by atoms with Gasteiger partial charge in [-0.3, -0.25) is 4.79 Å². The van der Waals surface area contributed by atoms with Crippen LogP contribution in [0, 0.1) is 0 Å². The molecule has 0 amide bonds. The fraction of sp³-hybridized carbons (Fsp3) is 0.375. The molecule has 1 aliphatic heterocycles. The summed E-state index contributed by atoms with van der Waals surface area (Å²) in [6.07, 6.45) is 0. The van der Waals surface area contributed by atoms with E-state index in [1.165, 1.54) is 11.3 Å². The van der Waals surface area contributed by atoms with Gasteiger partial charge in [0.05, 0.1) is 0 Å². The highest BCUT2D eigenvalue weighted by Crippen LogP contribution is 2.21. The van der Waals surface area contributed by atoms with Gasteiger partial charge in [-0.05, 0) is 66.4 Å². The molecule has 2 heterocycles. The maximum Gasteiger partial charge on any atom is 0.253 e. The molecule has 0 aliphatic carbocycles. The van der Waals surface area contributed by atoms with Crippen LogP contribution in [0.2, 0.25) is 0 Å². The van der Waals surface area contributed by atoms with E-state index in [2.05, 4.69) is 77.4 Å². The van der Waals surface area contributed by atoms with E-state index < -0.39 is 0 Å². The van der Waals surface area contributed by atoms with E-state index in [0.717, 1.165) is 48.3 Å². The molecule has 0 bridgehead atoms. The Bertz CT molecular complexity index is 1030. The van der Waals surface area contributed by atoms with Gasteiger partial charge in [0.15, 0.2) is 0 Å². The van der Waals surface area contributed by atoms with Gasteiger partial charge in [0, 0.05) is 55.2 Å². The zero-order valence-corrected chi connectivity index (χ0v) is 17.5. The van der Waals surface area contributed by atoms with Crippen molar-refractivity contribution < 1.29 is 0 Å². The maximum atomic E-state index is 12.5. The predicted octanol–water partition coefficient (Wildman–Crippen LogP) is 4.02. The smallest absolute Gasteiger partial charge is 0.253 e. The number of pyridine rings is 1. The number of aromatic amines is 1. The molecule has 0 atom stereocenters. The van der Waals surface area contributed by atoms with Crippen LogP contribution in [-0.2, 0) is 6.54 Å². The van der Waals surface area contributed by atoms with Gasteiger partial charge in [-0.25, -0.2) is 0 Å². The van der Waals surface area contributed by atoms with E-state index >= 15 is 0 Å². The van der Waals surface area contributed by atoms with Crippen LogP contribution < -0.4 is 15.8 Å². The van der Waals surface area contributed by atoms with Gasteiger partial charge in [-0.15, -0.1) is 0 Å². The summed E-state index contributed by atoms with van der Waals surface area (Å²) in [5.74, 6) is 0.465. The largest absolute Gasteiger partial charge is 0.381 e. The molecule has 4 rings (SSSR count). The van der Waals surface area contributed by atoms with Crippen molar-refractivity contribution in [2.45, 2.75) is 26.3 Å². The Balaban J connectivity index is 1.46. The fourth-order valence-electron chi connectivity index (χ4n) is 3.81. The molecule has 0 saturated carbocycles. The molecule has 2 N–H and O–H groups in total. The molecule has 3 aromatic rings. The van der Waals surface area contributed by atoms with Crippen LogP contribution in [0.15, 0.2) is 53.3 Å². The zero-order valence-electron chi connectivity index (χ0n) is 17.5. The Hall–Kier alpha value is -2.79. The number of nitrogens with zero attached hydrogens (tertiary/aromatic N) is 2. The average molecular weight is 391 g/mol. The van der Waals surface area contributed by atoms with Crippen molar-refractivity contribution in [3.05, 3.63) is 70.0 Å². The van der Waals surface area contributed by atoms with E-state index in [4.69, 9.17) is 0 Å². The Morgan fingerprint density at radius 3 is 2.41 bits per heavy atom. The number of H-pyrrole nitrogens is 1. The summed E-state index contributed by atoms with van der Waals surface area (Å²) in [6.45, 7) is 9.20. The topological polar surface area (TPSA) is 51.4 Å². The molecule has 2 aromatic carbocycles. The van der Waals surface area contributed by atoms with Crippen LogP contribution in [0.25, 0.3) is 10.9 Å². The van der Waals surface area contributed by atoms with Gasteiger partial charge in [0.25, 0.3) is 5.56 Å². The minimum absolute atomic E-state index is 0.0312. The van der Waals surface area contributed by atoms with Crippen LogP contribution in [0.1, 0.15) is 30.9 Å². The summed E-state index contributed by atoms with van der Waals surface area (Å²) in [6, 6.07) is 16.8. The third kappa shape index (κ3) is 4.46. The molecule has 1 aliphatic rings. The van der Waals surface area contributed by atoms with Crippen molar-refractivity contribution >= 4 is 22.3 Å². The molecule has 1 aromatic heterocycles. The number of hydrogen-bond acceptors (Lipinski definition) is 4. The normalized spacial score (nSPS) is 15.2. The first-order chi connectivity index (χ1) is 14.0. The van der Waals surface area contributed by atoms with Crippen LogP contribution in [0.3, 0.4) is 0 Å². The molecule has 1 fully saturated rings. The molecule has 0 unspecified atom stereocenters. The molecule has 0 radical (unpaired) electrons. The minimum Gasteiger partial charge on any atom is -0.381 e. The number of aromatic nitrogens is 1. The third-order valence-electron chi connectivity index (χ3n) is 5.83. The molecule has 5 nitrogen and oxygen atoms in total. The molecule has 152 valence electrons. The van der Waals surface area contributed by atoms with E-state index in [9.17, 15) is 4.79 Å². The van der Waals surface area contributed by atoms with Crippen LogP contribution in [-0.4, -0.2) is 43.1 Å². The Morgan fingerprint density at radius 1 is 1.00 bits per heavy atom. The van der Waals surface area contributed by atoms with Crippen molar-refractivity contribution in [1.29, 1.82) is 0 Å². The first kappa shape index (κ1) is 19.5. The molecule has 5 heteroatoms. The maximum absolute atomic E-state index is 12.5. The lowest BCUT2D eigenvalue weighted by Crippen LogP contribution is -2.44. The summed E-state index contributed by atoms with van der Waals surface area (Å²) in [5, 5.41) is 4.48. The summed E-state index contributed by atoms with van der Waals surface area (Å²) in [5.41, 5.74) is 5.17. The Kier molecular flexibility index (Phi) is 5.58. The van der Waals surface area contributed by atoms with E-state index in [1.54, 1.807) is 0 Å². The Morgan fingerprint density at radius 2 is 1.72 bits per heavy atom. The van der Waals surface area contributed by atoms with Crippen molar-refractivity contribution in [3.8, 4) is 0 Å². The van der Waals surface area contributed by atoms with Gasteiger partial charge < -0.3 is 20.1 Å². The van der Waals surface area contributed by atoms with Gasteiger partial charge in [-0.2, -0.15) is 0 Å². The Labute approximate surface area is 172 Å². The second kappa shape index (κ2) is 8.29. The quantitative estimate of drug-likeness (QED) is 0.691. The fourth-order valence-corrected chi connectivity index (χ4v) is 3.81. The van der Waals surface area contributed by atoms with Gasteiger partial charge >= 0.3 is 0 Å². The van der Waals surface area contributed by atoms with Gasteiger partial charge in [0.2, 0.25) is 0 Å². The predicted molar refractivity (Wildman–Crippen MR) is 122 cm³/mol. The van der Waals surface area contributed by atoms with Crippen LogP contribution in [0.5, 0.6) is 0 Å². The lowest BCUT2D eigenvalue weighted by molar-refractivity contribution is 0.313. The monoisotopic (exact) mass is 390 g/mol. The second-order valence-corrected chi connectivity index (χ2v) is 8.32. The number of likely N-dealkylation sites (N-methyl/N-ethyl adjacent to an activating group) is 1. The number of piperazine rings is 1. The number of rotatable bonds is 5. The summed E-state index contributed by atoms with van der Waals surface area (Å²) in [7, 11) is 2.17. The van der Waals surface area contributed by atoms with E-state index in [1.807, 2.05) is 12.1 Å². The first-order valence-electron chi connectivity index (χ1n) is 10.4. The highest BCUT2D eigenvalue weighted by Gasteiger charge is 2.14. The van der Waals surface area contributed by atoms with Crippen molar-refractivity contribution in [3.63, 3.8) is 0 Å². The lowest BCUT2D eigenvalue weighted by atomic mass is 10.0. The van der Waals surface area contributed by atoms with Crippen LogP contribution in [0.4, 0.5) is 11.4 Å². The highest BCUT2D eigenvalue weighted by atomic mass is 16.1. The molecule has 1 saturated heterocycles.